The molecule has 0 heterocycles. The molecule has 0 aromatic rings. The van der Waals surface area contributed by atoms with E-state index in [1.54, 1.807) is 0 Å². The number of halogens is 3. The van der Waals surface area contributed by atoms with Crippen molar-refractivity contribution >= 4 is 50.3 Å². The van der Waals surface area contributed by atoms with Crippen LogP contribution in [-0.4, -0.2) is 56.4 Å². The standard InChI is InChI=1S/C3H15F3O4Si5/c4-3(5,6)1-2-12-8-14-10-15-9-13-7-11/h1-2,12-15H2,11H3. The first-order chi connectivity index (χ1) is 7.06. The molecular formula is C3H15F3O4Si5. The van der Waals surface area contributed by atoms with Crippen molar-refractivity contribution < 1.29 is 29.6 Å². The molecule has 0 aliphatic carbocycles. The van der Waals surface area contributed by atoms with Gasteiger partial charge < -0.3 is 16.5 Å². The monoisotopic (exact) mass is 312 g/mol. The maximum atomic E-state index is 11.7. The highest BCUT2D eigenvalue weighted by atomic mass is 28.4. The predicted molar refractivity (Wildman–Crippen MR) is 63.9 cm³/mol. The maximum absolute atomic E-state index is 11.7. The Labute approximate surface area is 98.9 Å². The summed E-state index contributed by atoms with van der Waals surface area (Å²) in [6.45, 7) is 0. The van der Waals surface area contributed by atoms with E-state index in [1.807, 2.05) is 0 Å². The van der Waals surface area contributed by atoms with Crippen LogP contribution < -0.4 is 0 Å². The molecule has 0 N–H and O–H groups in total. The second kappa shape index (κ2) is 9.91. The van der Waals surface area contributed by atoms with E-state index in [-0.39, 0.29) is 6.04 Å². The van der Waals surface area contributed by atoms with Crippen LogP contribution >= 0.6 is 0 Å². The highest BCUT2D eigenvalue weighted by Crippen LogP contribution is 2.20. The normalized spacial score (nSPS) is 15.4. The van der Waals surface area contributed by atoms with Crippen molar-refractivity contribution in [3.8, 4) is 0 Å². The summed E-state index contributed by atoms with van der Waals surface area (Å²) >= 11 is 0. The van der Waals surface area contributed by atoms with Crippen molar-refractivity contribution in [2.75, 3.05) is 0 Å². The Morgan fingerprint density at radius 3 is 2.20 bits per heavy atom. The molecule has 0 saturated carbocycles. The molecule has 0 aromatic heterocycles. The fourth-order valence-corrected chi connectivity index (χ4v) is 8.31. The minimum absolute atomic E-state index is 0.140. The first-order valence-electron chi connectivity index (χ1n) is 4.35. The van der Waals surface area contributed by atoms with Crippen molar-refractivity contribution in [2.45, 2.75) is 18.6 Å². The minimum Gasteiger partial charge on any atom is -0.449 e. The van der Waals surface area contributed by atoms with Gasteiger partial charge in [0, 0.05) is 6.42 Å². The average Bonchev–Trinajstić information content (AvgIpc) is 2.14. The first-order valence-corrected chi connectivity index (χ1v) is 10.2. The van der Waals surface area contributed by atoms with Crippen LogP contribution in [0.3, 0.4) is 0 Å². The molecule has 4 nitrogen and oxygen atoms in total. The summed E-state index contributed by atoms with van der Waals surface area (Å²) in [5, 5.41) is 0. The highest BCUT2D eigenvalue weighted by Gasteiger charge is 2.25. The van der Waals surface area contributed by atoms with Gasteiger partial charge in [-0.25, -0.2) is 0 Å². The molecule has 0 aliphatic rings. The van der Waals surface area contributed by atoms with Crippen LogP contribution in [0.25, 0.3) is 0 Å². The van der Waals surface area contributed by atoms with Gasteiger partial charge in [-0.05, 0) is 6.04 Å². The molecule has 92 valence electrons. The fraction of sp³-hybridized carbons (Fsp3) is 1.00. The molecule has 0 unspecified atom stereocenters. The van der Waals surface area contributed by atoms with E-state index in [1.165, 1.54) is 0 Å². The lowest BCUT2D eigenvalue weighted by molar-refractivity contribution is -0.130. The second-order valence-electron chi connectivity index (χ2n) is 2.68. The minimum atomic E-state index is -4.05. The Balaban J connectivity index is 2.99. The number of hydrogen-bond acceptors (Lipinski definition) is 4. The van der Waals surface area contributed by atoms with Gasteiger partial charge in [0.25, 0.3) is 30.0 Å². The van der Waals surface area contributed by atoms with Crippen molar-refractivity contribution in [3.63, 3.8) is 0 Å². The Bertz CT molecular complexity index is 148. The zero-order chi connectivity index (χ0) is 11.6. The van der Waals surface area contributed by atoms with Crippen LogP contribution in [-0.2, 0) is 16.5 Å². The summed E-state index contributed by atoms with van der Waals surface area (Å²) < 4.78 is 55.3. The van der Waals surface area contributed by atoms with Gasteiger partial charge >= 0.3 is 6.18 Å². The summed E-state index contributed by atoms with van der Waals surface area (Å²) in [5.74, 6) is 0. The SMILES string of the molecule is FC(F)(F)CC[SiH2]O[SiH2]O[SiH2]O[SiH2]O[SiH3]. The summed E-state index contributed by atoms with van der Waals surface area (Å²) in [7, 11) is -3.20. The highest BCUT2D eigenvalue weighted by molar-refractivity contribution is 6.46. The van der Waals surface area contributed by atoms with Crippen LogP contribution in [0.1, 0.15) is 6.42 Å². The molecule has 0 bridgehead atoms. The number of alkyl halides is 3. The van der Waals surface area contributed by atoms with Gasteiger partial charge in [-0.15, -0.1) is 0 Å². The van der Waals surface area contributed by atoms with Gasteiger partial charge in [0.2, 0.25) is 0 Å². The Hall–Kier alpha value is 0.714. The summed E-state index contributed by atoms with van der Waals surface area (Å²) in [4.78, 5) is 0. The maximum Gasteiger partial charge on any atom is 0.388 e. The van der Waals surface area contributed by atoms with Crippen molar-refractivity contribution in [3.05, 3.63) is 0 Å². The molecule has 0 saturated heterocycles. The molecule has 0 atom stereocenters. The Morgan fingerprint density at radius 1 is 1.00 bits per heavy atom. The second-order valence-corrected chi connectivity index (χ2v) is 11.7. The van der Waals surface area contributed by atoms with Gasteiger partial charge in [-0.2, -0.15) is 13.2 Å². The summed E-state index contributed by atoms with van der Waals surface area (Å²) in [6, 6.07) is 0.140. The van der Waals surface area contributed by atoms with E-state index in [9.17, 15) is 13.2 Å². The molecule has 15 heavy (non-hydrogen) atoms. The molecule has 0 aromatic carbocycles. The number of hydrogen-bond donors (Lipinski definition) is 0. The zero-order valence-electron chi connectivity index (χ0n) is 8.51. The van der Waals surface area contributed by atoms with Crippen molar-refractivity contribution in [1.82, 2.24) is 0 Å². The van der Waals surface area contributed by atoms with Gasteiger partial charge in [0.05, 0.1) is 0 Å². The third kappa shape index (κ3) is 14.7. The lowest BCUT2D eigenvalue weighted by atomic mass is 10.5. The van der Waals surface area contributed by atoms with E-state index in [4.69, 9.17) is 16.5 Å². The van der Waals surface area contributed by atoms with Crippen LogP contribution in [0.5, 0.6) is 0 Å². The van der Waals surface area contributed by atoms with Crippen molar-refractivity contribution in [2.24, 2.45) is 0 Å². The van der Waals surface area contributed by atoms with Gasteiger partial charge in [0.15, 0.2) is 0 Å². The lowest BCUT2D eigenvalue weighted by Crippen LogP contribution is -2.17. The topological polar surface area (TPSA) is 36.9 Å². The molecule has 0 rings (SSSR count). The third-order valence-corrected chi connectivity index (χ3v) is 7.36. The van der Waals surface area contributed by atoms with Crippen LogP contribution in [0.15, 0.2) is 0 Å². The molecule has 0 fully saturated rings. The van der Waals surface area contributed by atoms with E-state index in [0.29, 0.717) is 10.5 Å². The van der Waals surface area contributed by atoms with Gasteiger partial charge in [-0.1, -0.05) is 0 Å². The van der Waals surface area contributed by atoms with E-state index >= 15 is 0 Å². The fourth-order valence-electron chi connectivity index (χ4n) is 0.703. The first kappa shape index (κ1) is 15.7. The van der Waals surface area contributed by atoms with Crippen LogP contribution in [0, 0.1) is 0 Å². The van der Waals surface area contributed by atoms with Crippen LogP contribution in [0.4, 0.5) is 13.2 Å². The van der Waals surface area contributed by atoms with E-state index < -0.39 is 52.4 Å². The lowest BCUT2D eigenvalue weighted by Gasteiger charge is -2.07. The van der Waals surface area contributed by atoms with Gasteiger partial charge in [-0.3, -0.25) is 0 Å². The Kier molecular flexibility index (Phi) is 10.4. The molecule has 0 amide bonds. The largest absolute Gasteiger partial charge is 0.449 e. The number of rotatable bonds is 9. The molecule has 0 aliphatic heterocycles. The smallest absolute Gasteiger partial charge is 0.388 e. The van der Waals surface area contributed by atoms with Crippen LogP contribution in [0.2, 0.25) is 6.04 Å². The zero-order valence-corrected chi connectivity index (χ0v) is 16.2. The summed E-state index contributed by atoms with van der Waals surface area (Å²) in [5.41, 5.74) is 0. The molecular weight excluding hydrogens is 297 g/mol. The quantitative estimate of drug-likeness (QED) is 0.332. The van der Waals surface area contributed by atoms with Gasteiger partial charge in [0.1, 0.15) is 20.2 Å². The van der Waals surface area contributed by atoms with Crippen molar-refractivity contribution in [1.29, 1.82) is 0 Å². The summed E-state index contributed by atoms with van der Waals surface area (Å²) in [6.07, 6.45) is -4.78. The van der Waals surface area contributed by atoms with E-state index in [0.717, 1.165) is 0 Å². The van der Waals surface area contributed by atoms with E-state index in [2.05, 4.69) is 0 Å². The molecule has 12 heteroatoms. The average molecular weight is 313 g/mol. The molecule has 0 radical (unpaired) electrons. The Morgan fingerprint density at radius 2 is 1.60 bits per heavy atom. The molecule has 0 spiro atoms. The third-order valence-electron chi connectivity index (χ3n) is 1.28. The predicted octanol–water partition coefficient (Wildman–Crippen LogP) is -3.22.